The van der Waals surface area contributed by atoms with E-state index in [9.17, 15) is 13.2 Å². The first-order chi connectivity index (χ1) is 9.05. The SMILES string of the molecule is FC(F)(F)c1cnc2c(c1)OCC[C@H]1CNCCN21. The maximum atomic E-state index is 12.7. The Morgan fingerprint density at radius 3 is 3.05 bits per heavy atom. The van der Waals surface area contributed by atoms with E-state index in [0.717, 1.165) is 38.3 Å². The van der Waals surface area contributed by atoms with Gasteiger partial charge < -0.3 is 15.0 Å². The molecule has 1 saturated heterocycles. The van der Waals surface area contributed by atoms with Gasteiger partial charge in [0.15, 0.2) is 11.6 Å². The van der Waals surface area contributed by atoms with Crippen molar-refractivity contribution in [1.82, 2.24) is 10.3 Å². The zero-order chi connectivity index (χ0) is 13.5. The van der Waals surface area contributed by atoms with E-state index < -0.39 is 11.7 Å². The molecule has 0 amide bonds. The highest BCUT2D eigenvalue weighted by Crippen LogP contribution is 2.37. The predicted octanol–water partition coefficient (Wildman–Crippen LogP) is 1.66. The van der Waals surface area contributed by atoms with E-state index in [1.54, 1.807) is 0 Å². The van der Waals surface area contributed by atoms with E-state index in [2.05, 4.69) is 10.3 Å². The molecule has 1 N–H and O–H groups in total. The summed E-state index contributed by atoms with van der Waals surface area (Å²) in [5.74, 6) is 0.760. The fraction of sp³-hybridized carbons (Fsp3) is 0.583. The maximum absolute atomic E-state index is 12.7. The summed E-state index contributed by atoms with van der Waals surface area (Å²) >= 11 is 0. The van der Waals surface area contributed by atoms with Crippen LogP contribution >= 0.6 is 0 Å². The summed E-state index contributed by atoms with van der Waals surface area (Å²) < 4.78 is 43.5. The van der Waals surface area contributed by atoms with Gasteiger partial charge in [0.1, 0.15) is 0 Å². The summed E-state index contributed by atoms with van der Waals surface area (Å²) in [6, 6.07) is 1.28. The van der Waals surface area contributed by atoms with Crippen molar-refractivity contribution in [3.05, 3.63) is 17.8 Å². The van der Waals surface area contributed by atoms with Crippen molar-refractivity contribution in [3.63, 3.8) is 0 Å². The Kier molecular flexibility index (Phi) is 3.00. The van der Waals surface area contributed by atoms with Gasteiger partial charge in [-0.3, -0.25) is 0 Å². The quantitative estimate of drug-likeness (QED) is 0.780. The molecule has 0 aromatic carbocycles. The van der Waals surface area contributed by atoms with Crippen LogP contribution in [0.4, 0.5) is 19.0 Å². The summed E-state index contributed by atoms with van der Waals surface area (Å²) in [4.78, 5) is 6.02. The number of anilines is 1. The number of nitrogens with one attached hydrogen (secondary N) is 1. The molecular weight excluding hydrogens is 259 g/mol. The Balaban J connectivity index is 1.99. The first-order valence-corrected chi connectivity index (χ1v) is 6.23. The van der Waals surface area contributed by atoms with Crippen molar-refractivity contribution in [2.45, 2.75) is 18.6 Å². The zero-order valence-corrected chi connectivity index (χ0v) is 10.2. The van der Waals surface area contributed by atoms with Gasteiger partial charge in [0.05, 0.1) is 12.2 Å². The lowest BCUT2D eigenvalue weighted by Gasteiger charge is -2.35. The Hall–Kier alpha value is -1.50. The Labute approximate surface area is 108 Å². The Bertz CT molecular complexity index is 478. The molecule has 2 aliphatic rings. The minimum absolute atomic E-state index is 0.235. The number of halogens is 3. The number of alkyl halides is 3. The van der Waals surface area contributed by atoms with Crippen molar-refractivity contribution in [2.24, 2.45) is 0 Å². The minimum Gasteiger partial charge on any atom is -0.490 e. The third-order valence-electron chi connectivity index (χ3n) is 3.49. The highest BCUT2D eigenvalue weighted by Gasteiger charge is 2.34. The fourth-order valence-electron chi connectivity index (χ4n) is 2.52. The fourth-order valence-corrected chi connectivity index (χ4v) is 2.52. The van der Waals surface area contributed by atoms with E-state index in [-0.39, 0.29) is 11.8 Å². The van der Waals surface area contributed by atoms with Crippen LogP contribution in [-0.4, -0.2) is 37.3 Å². The lowest BCUT2D eigenvalue weighted by Crippen LogP contribution is -2.51. The van der Waals surface area contributed by atoms with Crippen LogP contribution in [0.5, 0.6) is 5.75 Å². The van der Waals surface area contributed by atoms with Gasteiger partial charge in [0, 0.05) is 38.3 Å². The van der Waals surface area contributed by atoms with Crippen LogP contribution in [0.3, 0.4) is 0 Å². The van der Waals surface area contributed by atoms with Gasteiger partial charge in [-0.1, -0.05) is 0 Å². The molecule has 7 heteroatoms. The molecule has 0 aliphatic carbocycles. The summed E-state index contributed by atoms with van der Waals surface area (Å²) in [6.45, 7) is 2.77. The van der Waals surface area contributed by atoms with Crippen LogP contribution in [0, 0.1) is 0 Å². The molecule has 0 spiro atoms. The van der Waals surface area contributed by atoms with Crippen molar-refractivity contribution in [2.75, 3.05) is 31.1 Å². The summed E-state index contributed by atoms with van der Waals surface area (Å²) in [7, 11) is 0. The largest absolute Gasteiger partial charge is 0.490 e. The number of aromatic nitrogens is 1. The third-order valence-corrected chi connectivity index (χ3v) is 3.49. The lowest BCUT2D eigenvalue weighted by atomic mass is 10.1. The van der Waals surface area contributed by atoms with E-state index in [1.807, 2.05) is 4.90 Å². The van der Waals surface area contributed by atoms with E-state index in [0.29, 0.717) is 12.4 Å². The smallest absolute Gasteiger partial charge is 0.418 e. The molecule has 0 saturated carbocycles. The van der Waals surface area contributed by atoms with E-state index >= 15 is 0 Å². The van der Waals surface area contributed by atoms with Crippen LogP contribution in [0.15, 0.2) is 12.3 Å². The Morgan fingerprint density at radius 1 is 1.42 bits per heavy atom. The average molecular weight is 273 g/mol. The van der Waals surface area contributed by atoms with Crippen LogP contribution in [0.25, 0.3) is 0 Å². The third kappa shape index (κ3) is 2.34. The second-order valence-electron chi connectivity index (χ2n) is 4.73. The minimum atomic E-state index is -4.39. The summed E-state index contributed by atoms with van der Waals surface area (Å²) in [5, 5.41) is 3.27. The van der Waals surface area contributed by atoms with Gasteiger partial charge in [0.2, 0.25) is 0 Å². The molecule has 4 nitrogen and oxygen atoms in total. The first-order valence-electron chi connectivity index (χ1n) is 6.23. The van der Waals surface area contributed by atoms with Gasteiger partial charge >= 0.3 is 6.18 Å². The molecule has 1 aromatic heterocycles. The molecule has 1 atom stereocenters. The van der Waals surface area contributed by atoms with Gasteiger partial charge in [-0.05, 0) is 6.07 Å². The molecule has 0 bridgehead atoms. The van der Waals surface area contributed by atoms with Crippen LogP contribution in [0.1, 0.15) is 12.0 Å². The monoisotopic (exact) mass is 273 g/mol. The van der Waals surface area contributed by atoms with Gasteiger partial charge in [-0.15, -0.1) is 0 Å². The molecular formula is C12H14F3N3O. The van der Waals surface area contributed by atoms with Gasteiger partial charge in [-0.2, -0.15) is 13.2 Å². The lowest BCUT2D eigenvalue weighted by molar-refractivity contribution is -0.137. The highest BCUT2D eigenvalue weighted by molar-refractivity contribution is 5.55. The zero-order valence-electron chi connectivity index (χ0n) is 10.2. The van der Waals surface area contributed by atoms with Crippen molar-refractivity contribution in [1.29, 1.82) is 0 Å². The topological polar surface area (TPSA) is 37.4 Å². The molecule has 3 rings (SSSR count). The molecule has 3 heterocycles. The molecule has 1 aromatic rings. The highest BCUT2D eigenvalue weighted by atomic mass is 19.4. The van der Waals surface area contributed by atoms with Crippen LogP contribution in [0.2, 0.25) is 0 Å². The predicted molar refractivity (Wildman–Crippen MR) is 63.4 cm³/mol. The molecule has 0 unspecified atom stereocenters. The summed E-state index contributed by atoms with van der Waals surface area (Å²) in [5.41, 5.74) is -0.764. The number of hydrogen-bond acceptors (Lipinski definition) is 4. The van der Waals surface area contributed by atoms with Crippen molar-refractivity contribution >= 4 is 5.82 Å². The van der Waals surface area contributed by atoms with E-state index in [4.69, 9.17) is 4.74 Å². The van der Waals surface area contributed by atoms with Gasteiger partial charge in [0.25, 0.3) is 0 Å². The van der Waals surface area contributed by atoms with Gasteiger partial charge in [-0.25, -0.2) is 4.98 Å². The molecule has 0 radical (unpaired) electrons. The Morgan fingerprint density at radius 2 is 2.26 bits per heavy atom. The van der Waals surface area contributed by atoms with Crippen LogP contribution in [-0.2, 0) is 6.18 Å². The number of pyridine rings is 1. The number of fused-ring (bicyclic) bond motifs is 3. The standard InChI is InChI=1S/C12H14F3N3O/c13-12(14,15)8-5-10-11(17-6-8)18-3-2-16-7-9(18)1-4-19-10/h5-6,9,16H,1-4,7H2/t9-/m0/s1. The molecule has 19 heavy (non-hydrogen) atoms. The normalized spacial score (nSPS) is 23.1. The number of ether oxygens (including phenoxy) is 1. The van der Waals surface area contributed by atoms with Crippen molar-refractivity contribution in [3.8, 4) is 5.75 Å². The second kappa shape index (κ2) is 4.56. The average Bonchev–Trinajstić information content (AvgIpc) is 2.56. The first kappa shape index (κ1) is 12.5. The molecule has 104 valence electrons. The van der Waals surface area contributed by atoms with E-state index in [1.165, 1.54) is 0 Å². The second-order valence-corrected chi connectivity index (χ2v) is 4.73. The number of piperazine rings is 1. The van der Waals surface area contributed by atoms with Crippen LogP contribution < -0.4 is 15.0 Å². The summed E-state index contributed by atoms with van der Waals surface area (Å²) in [6.07, 6.45) is -2.72. The maximum Gasteiger partial charge on any atom is 0.418 e. The van der Waals surface area contributed by atoms with Crippen molar-refractivity contribution < 1.29 is 17.9 Å². The molecule has 2 aliphatic heterocycles. The number of nitrogens with zero attached hydrogens (tertiary/aromatic N) is 2. The number of hydrogen-bond donors (Lipinski definition) is 1. The number of rotatable bonds is 0. The molecule has 1 fully saturated rings.